The van der Waals surface area contributed by atoms with Crippen molar-refractivity contribution < 1.29 is 4.42 Å². The van der Waals surface area contributed by atoms with Crippen LogP contribution in [0.15, 0.2) is 120 Å². The van der Waals surface area contributed by atoms with Gasteiger partial charge in [-0.3, -0.25) is 0 Å². The highest BCUT2D eigenvalue weighted by atomic mass is 16.3. The molecule has 0 amide bonds. The summed E-state index contributed by atoms with van der Waals surface area (Å²) in [4.78, 5) is 0. The first kappa shape index (κ1) is 18.7. The molecule has 1 nitrogen and oxygen atoms in total. The number of hydrogen-bond donors (Lipinski definition) is 0. The van der Waals surface area contributed by atoms with E-state index in [2.05, 4.69) is 104 Å². The zero-order valence-corrected chi connectivity index (χ0v) is 17.7. The van der Waals surface area contributed by atoms with E-state index in [4.69, 9.17) is 4.42 Å². The summed E-state index contributed by atoms with van der Waals surface area (Å²) in [5.41, 5.74) is 9.91. The quantitative estimate of drug-likeness (QED) is 0.249. The summed E-state index contributed by atoms with van der Waals surface area (Å²) < 4.78 is 6.49. The Bertz CT molecular complexity index is 1560. The fraction of sp³-hybridized carbons (Fsp3) is 0.0323. The third-order valence-corrected chi connectivity index (χ3v) is 6.28. The zero-order valence-electron chi connectivity index (χ0n) is 17.7. The van der Waals surface area contributed by atoms with E-state index >= 15 is 0 Å². The molecule has 6 rings (SSSR count). The summed E-state index contributed by atoms with van der Waals surface area (Å²) in [7, 11) is 0. The number of furan rings is 1. The van der Waals surface area contributed by atoms with Gasteiger partial charge in [0.2, 0.25) is 0 Å². The van der Waals surface area contributed by atoms with Crippen molar-refractivity contribution in [3.8, 4) is 22.3 Å². The van der Waals surface area contributed by atoms with Gasteiger partial charge >= 0.3 is 0 Å². The molecule has 1 aromatic heterocycles. The molecule has 1 aliphatic rings. The van der Waals surface area contributed by atoms with Crippen molar-refractivity contribution in [2.75, 3.05) is 0 Å². The van der Waals surface area contributed by atoms with Gasteiger partial charge in [0.25, 0.3) is 0 Å². The monoisotopic (exact) mass is 410 g/mol. The maximum absolute atomic E-state index is 6.49. The fourth-order valence-electron chi connectivity index (χ4n) is 4.76. The average molecular weight is 411 g/mol. The lowest BCUT2D eigenvalue weighted by molar-refractivity contribution is 0.670. The maximum Gasteiger partial charge on any atom is 0.143 e. The molecule has 0 saturated carbocycles. The molecule has 5 aromatic rings. The smallest absolute Gasteiger partial charge is 0.143 e. The second-order valence-electron chi connectivity index (χ2n) is 8.18. The van der Waals surface area contributed by atoms with Crippen LogP contribution in [0.25, 0.3) is 49.8 Å². The Hall–Kier alpha value is -4.10. The van der Waals surface area contributed by atoms with Gasteiger partial charge in [0.1, 0.15) is 11.2 Å². The molecular formula is C31H22O. The van der Waals surface area contributed by atoms with Gasteiger partial charge in [0, 0.05) is 16.3 Å². The third kappa shape index (κ3) is 2.94. The van der Waals surface area contributed by atoms with Gasteiger partial charge in [-0.15, -0.1) is 0 Å². The van der Waals surface area contributed by atoms with E-state index in [1.807, 2.05) is 12.1 Å². The molecule has 152 valence electrons. The molecule has 0 radical (unpaired) electrons. The van der Waals surface area contributed by atoms with Crippen LogP contribution in [-0.4, -0.2) is 0 Å². The number of para-hydroxylation sites is 1. The van der Waals surface area contributed by atoms with E-state index in [-0.39, 0.29) is 0 Å². The van der Waals surface area contributed by atoms with Crippen LogP contribution in [0.1, 0.15) is 11.1 Å². The van der Waals surface area contributed by atoms with Crippen molar-refractivity contribution in [2.24, 2.45) is 0 Å². The molecule has 1 aliphatic carbocycles. The molecule has 4 aromatic carbocycles. The molecule has 0 unspecified atom stereocenters. The van der Waals surface area contributed by atoms with Crippen molar-refractivity contribution in [3.05, 3.63) is 127 Å². The van der Waals surface area contributed by atoms with Gasteiger partial charge in [0.15, 0.2) is 0 Å². The van der Waals surface area contributed by atoms with Crippen LogP contribution in [0.3, 0.4) is 0 Å². The minimum absolute atomic E-state index is 0.878. The van der Waals surface area contributed by atoms with E-state index in [1.165, 1.54) is 22.3 Å². The van der Waals surface area contributed by atoms with Crippen LogP contribution in [0.5, 0.6) is 0 Å². The number of benzene rings is 4. The van der Waals surface area contributed by atoms with Crippen LogP contribution in [-0.2, 0) is 6.42 Å². The largest absolute Gasteiger partial charge is 0.455 e. The summed E-state index contributed by atoms with van der Waals surface area (Å²) >= 11 is 0. The Balaban J connectivity index is 1.78. The lowest BCUT2D eigenvalue weighted by atomic mass is 9.86. The van der Waals surface area contributed by atoms with Crippen LogP contribution in [0.2, 0.25) is 0 Å². The predicted molar refractivity (Wildman–Crippen MR) is 136 cm³/mol. The summed E-state index contributed by atoms with van der Waals surface area (Å²) in [5, 5.41) is 2.27. The molecule has 0 atom stereocenters. The Labute approximate surface area is 187 Å². The summed E-state index contributed by atoms with van der Waals surface area (Å²) in [6.45, 7) is 4.40. The topological polar surface area (TPSA) is 13.1 Å². The molecule has 32 heavy (non-hydrogen) atoms. The molecule has 1 heteroatoms. The fourth-order valence-corrected chi connectivity index (χ4v) is 4.76. The highest BCUT2D eigenvalue weighted by Gasteiger charge is 2.20. The number of rotatable bonds is 0. The molecule has 0 spiro atoms. The number of allylic oxidation sites excluding steroid dienone is 5. The molecule has 0 aliphatic heterocycles. The number of fused-ring (bicyclic) bond motifs is 9. The van der Waals surface area contributed by atoms with Gasteiger partial charge in [-0.25, -0.2) is 0 Å². The summed E-state index contributed by atoms with van der Waals surface area (Å²) in [6.07, 6.45) is 9.35. The Kier molecular flexibility index (Phi) is 4.40. The van der Waals surface area contributed by atoms with Crippen LogP contribution in [0.4, 0.5) is 0 Å². The zero-order chi connectivity index (χ0) is 21.5. The van der Waals surface area contributed by atoms with E-state index in [9.17, 15) is 0 Å². The first-order chi connectivity index (χ1) is 15.8. The van der Waals surface area contributed by atoms with E-state index in [0.717, 1.165) is 45.1 Å². The Morgan fingerprint density at radius 2 is 1.38 bits per heavy atom. The SMILES string of the molecule is C=C1C=CC=CCc2ccccc2-c2ccccc2-c2c1ccc1c2oc2ccccc21. The minimum Gasteiger partial charge on any atom is -0.455 e. The summed E-state index contributed by atoms with van der Waals surface area (Å²) in [6, 6.07) is 29.9. The normalized spacial score (nSPS) is 13.3. The second-order valence-corrected chi connectivity index (χ2v) is 8.18. The third-order valence-electron chi connectivity index (χ3n) is 6.28. The first-order valence-corrected chi connectivity index (χ1v) is 11.0. The van der Waals surface area contributed by atoms with Gasteiger partial charge in [-0.1, -0.05) is 104 Å². The molecular weight excluding hydrogens is 388 g/mol. The highest BCUT2D eigenvalue weighted by Crippen LogP contribution is 2.44. The van der Waals surface area contributed by atoms with Crippen molar-refractivity contribution in [1.29, 1.82) is 0 Å². The van der Waals surface area contributed by atoms with E-state index < -0.39 is 0 Å². The molecule has 0 bridgehead atoms. The Morgan fingerprint density at radius 3 is 2.28 bits per heavy atom. The lowest BCUT2D eigenvalue weighted by Crippen LogP contribution is -1.94. The Morgan fingerprint density at radius 1 is 0.625 bits per heavy atom. The highest BCUT2D eigenvalue weighted by molar-refractivity contribution is 6.13. The van der Waals surface area contributed by atoms with Gasteiger partial charge in [-0.05, 0) is 51.9 Å². The summed E-state index contributed by atoms with van der Waals surface area (Å²) in [5.74, 6) is 0. The first-order valence-electron chi connectivity index (χ1n) is 11.0. The molecule has 0 saturated heterocycles. The van der Waals surface area contributed by atoms with Crippen molar-refractivity contribution >= 4 is 27.5 Å². The van der Waals surface area contributed by atoms with Crippen molar-refractivity contribution in [3.63, 3.8) is 0 Å². The van der Waals surface area contributed by atoms with Crippen LogP contribution < -0.4 is 0 Å². The van der Waals surface area contributed by atoms with Gasteiger partial charge in [0.05, 0.1) is 0 Å². The minimum atomic E-state index is 0.878. The van der Waals surface area contributed by atoms with Crippen LogP contribution in [0, 0.1) is 0 Å². The van der Waals surface area contributed by atoms with E-state index in [0.29, 0.717) is 0 Å². The molecule has 0 fully saturated rings. The standard InChI is InChI=1S/C31H22O/c1-21-11-3-2-4-12-22-13-5-6-14-24(22)25-15-7-8-17-27(25)30-23(21)19-20-28-26-16-9-10-18-29(26)32-31(28)30/h2-11,13-20H,1,12H2. The van der Waals surface area contributed by atoms with Crippen molar-refractivity contribution in [1.82, 2.24) is 0 Å². The molecule has 0 N–H and O–H groups in total. The van der Waals surface area contributed by atoms with Gasteiger partial charge in [-0.2, -0.15) is 0 Å². The molecule has 1 heterocycles. The predicted octanol–water partition coefficient (Wildman–Crippen LogP) is 8.60. The van der Waals surface area contributed by atoms with E-state index in [1.54, 1.807) is 0 Å². The van der Waals surface area contributed by atoms with Gasteiger partial charge < -0.3 is 4.42 Å². The van der Waals surface area contributed by atoms with Crippen LogP contribution >= 0.6 is 0 Å². The average Bonchev–Trinajstić information content (AvgIpc) is 3.21. The lowest BCUT2D eigenvalue weighted by Gasteiger charge is -2.17. The number of hydrogen-bond acceptors (Lipinski definition) is 1. The maximum atomic E-state index is 6.49. The second kappa shape index (κ2) is 7.55. The van der Waals surface area contributed by atoms with Crippen molar-refractivity contribution in [2.45, 2.75) is 6.42 Å².